The fourth-order valence-corrected chi connectivity index (χ4v) is 2.72. The number of guanidine groups is 1. The van der Waals surface area contributed by atoms with Crippen molar-refractivity contribution in [2.45, 2.75) is 13.3 Å². The lowest BCUT2D eigenvalue weighted by Gasteiger charge is -2.16. The highest BCUT2D eigenvalue weighted by Gasteiger charge is 2.08. The Morgan fingerprint density at radius 2 is 2.17 bits per heavy atom. The summed E-state index contributed by atoms with van der Waals surface area (Å²) in [6.07, 6.45) is 1.03. The maximum Gasteiger partial charge on any atom is 0.243 e. The van der Waals surface area contributed by atoms with E-state index in [1.807, 2.05) is 0 Å². The van der Waals surface area contributed by atoms with Gasteiger partial charge in [-0.1, -0.05) is 13.0 Å². The van der Waals surface area contributed by atoms with Gasteiger partial charge < -0.3 is 20.3 Å². The number of aliphatic imine (C=N–C) groups is 1. The van der Waals surface area contributed by atoms with Gasteiger partial charge in [0.2, 0.25) is 5.91 Å². The summed E-state index contributed by atoms with van der Waals surface area (Å²) in [5, 5.41) is 8.58. The smallest absolute Gasteiger partial charge is 0.243 e. The Morgan fingerprint density at radius 3 is 2.75 bits per heavy atom. The van der Waals surface area contributed by atoms with Gasteiger partial charge in [-0.3, -0.25) is 4.79 Å². The van der Waals surface area contributed by atoms with Crippen molar-refractivity contribution in [2.24, 2.45) is 10.9 Å². The molecular formula is C16H29IN4O2S. The molecule has 0 aliphatic heterocycles. The molecule has 1 atom stereocenters. The van der Waals surface area contributed by atoms with Crippen molar-refractivity contribution in [3.8, 4) is 0 Å². The second kappa shape index (κ2) is 13.4. The van der Waals surface area contributed by atoms with Gasteiger partial charge in [0.25, 0.3) is 0 Å². The van der Waals surface area contributed by atoms with Gasteiger partial charge in [-0.25, -0.2) is 4.99 Å². The number of hydrogen-bond acceptors (Lipinski definition) is 4. The molecule has 0 aliphatic rings. The van der Waals surface area contributed by atoms with E-state index in [0.29, 0.717) is 25.0 Å². The van der Waals surface area contributed by atoms with Crippen LogP contribution in [-0.2, 0) is 16.0 Å². The molecule has 0 bridgehead atoms. The maximum absolute atomic E-state index is 11.7. The monoisotopic (exact) mass is 468 g/mol. The molecule has 1 aromatic rings. The van der Waals surface area contributed by atoms with Crippen LogP contribution >= 0.6 is 35.3 Å². The minimum absolute atomic E-state index is 0. The van der Waals surface area contributed by atoms with Crippen molar-refractivity contribution in [2.75, 3.05) is 47.4 Å². The highest BCUT2D eigenvalue weighted by atomic mass is 127. The van der Waals surface area contributed by atoms with E-state index >= 15 is 0 Å². The van der Waals surface area contributed by atoms with Crippen LogP contribution in [0.15, 0.2) is 22.5 Å². The maximum atomic E-state index is 11.7. The van der Waals surface area contributed by atoms with Crippen LogP contribution in [0.2, 0.25) is 0 Å². The lowest BCUT2D eigenvalue weighted by atomic mass is 10.1. The first kappa shape index (κ1) is 23.1. The van der Waals surface area contributed by atoms with Crippen LogP contribution in [0.25, 0.3) is 0 Å². The third kappa shape index (κ3) is 10.1. The lowest BCUT2D eigenvalue weighted by molar-refractivity contribution is -0.127. The standard InChI is InChI=1S/C16H28N4O2S.HI/c1-13(10-14-6-5-9-23-14)11-18-16(17-7-8-22-4)19-12-15(21)20(2)3;/h5-6,9,13H,7-8,10-12H2,1-4H3,(H2,17,18,19);1H. The number of amides is 1. The van der Waals surface area contributed by atoms with Crippen molar-refractivity contribution >= 4 is 47.2 Å². The van der Waals surface area contributed by atoms with Gasteiger partial charge >= 0.3 is 0 Å². The highest BCUT2D eigenvalue weighted by molar-refractivity contribution is 14.0. The van der Waals surface area contributed by atoms with Gasteiger partial charge in [0, 0.05) is 39.2 Å². The van der Waals surface area contributed by atoms with E-state index in [4.69, 9.17) is 4.74 Å². The van der Waals surface area contributed by atoms with Crippen molar-refractivity contribution in [3.63, 3.8) is 0 Å². The molecule has 1 heterocycles. The van der Waals surface area contributed by atoms with Crippen molar-refractivity contribution in [1.29, 1.82) is 0 Å². The number of rotatable bonds is 9. The Balaban J connectivity index is 0.00000529. The van der Waals surface area contributed by atoms with E-state index in [1.54, 1.807) is 32.5 Å². The normalized spacial score (nSPS) is 12.2. The number of carbonyl (C=O) groups excluding carboxylic acids is 1. The number of likely N-dealkylation sites (N-methyl/N-ethyl adjacent to an activating group) is 1. The Hall–Kier alpha value is -0.870. The Kier molecular flexibility index (Phi) is 12.9. The number of halogens is 1. The zero-order valence-corrected chi connectivity index (χ0v) is 18.0. The van der Waals surface area contributed by atoms with E-state index < -0.39 is 0 Å². The van der Waals surface area contributed by atoms with Gasteiger partial charge in [0.05, 0.1) is 6.61 Å². The second-order valence-corrected chi connectivity index (χ2v) is 6.67. The summed E-state index contributed by atoms with van der Waals surface area (Å²) in [5.74, 6) is 1.10. The molecule has 6 nitrogen and oxygen atoms in total. The summed E-state index contributed by atoms with van der Waals surface area (Å²) in [4.78, 5) is 18.9. The van der Waals surface area contributed by atoms with Gasteiger partial charge in [0.1, 0.15) is 6.54 Å². The molecule has 2 N–H and O–H groups in total. The molecule has 1 rings (SSSR count). The van der Waals surface area contributed by atoms with Crippen molar-refractivity contribution in [1.82, 2.24) is 15.5 Å². The molecule has 1 amide bonds. The van der Waals surface area contributed by atoms with Crippen molar-refractivity contribution < 1.29 is 9.53 Å². The molecule has 0 aromatic carbocycles. The van der Waals surface area contributed by atoms with Crippen LogP contribution in [0.1, 0.15) is 11.8 Å². The number of ether oxygens (including phenoxy) is 1. The quantitative estimate of drug-likeness (QED) is 0.251. The fourth-order valence-electron chi connectivity index (χ4n) is 1.85. The van der Waals surface area contributed by atoms with Crippen molar-refractivity contribution in [3.05, 3.63) is 22.4 Å². The third-order valence-corrected chi connectivity index (χ3v) is 4.12. The number of thiophene rings is 1. The predicted octanol–water partition coefficient (Wildman–Crippen LogP) is 1.81. The number of carbonyl (C=O) groups is 1. The highest BCUT2D eigenvalue weighted by Crippen LogP contribution is 2.13. The van der Waals surface area contributed by atoms with Crippen LogP contribution in [-0.4, -0.2) is 64.2 Å². The molecule has 0 aliphatic carbocycles. The second-order valence-electron chi connectivity index (χ2n) is 5.64. The molecule has 0 fully saturated rings. The Morgan fingerprint density at radius 1 is 1.42 bits per heavy atom. The first-order valence-corrected chi connectivity index (χ1v) is 8.64. The number of nitrogens with zero attached hydrogens (tertiary/aromatic N) is 2. The van der Waals surface area contributed by atoms with Gasteiger partial charge in [-0.15, -0.1) is 35.3 Å². The summed E-state index contributed by atoms with van der Waals surface area (Å²) < 4.78 is 5.03. The summed E-state index contributed by atoms with van der Waals surface area (Å²) >= 11 is 1.78. The number of methoxy groups -OCH3 is 1. The average molecular weight is 468 g/mol. The molecule has 8 heteroatoms. The van der Waals surface area contributed by atoms with Crippen LogP contribution in [0.5, 0.6) is 0 Å². The first-order chi connectivity index (χ1) is 11.0. The molecule has 1 unspecified atom stereocenters. The van der Waals surface area contributed by atoms with E-state index in [-0.39, 0.29) is 36.4 Å². The van der Waals surface area contributed by atoms with E-state index in [1.165, 1.54) is 9.78 Å². The topological polar surface area (TPSA) is 66.0 Å². The summed E-state index contributed by atoms with van der Waals surface area (Å²) in [6, 6.07) is 4.23. The molecular weight excluding hydrogens is 439 g/mol. The molecule has 0 saturated carbocycles. The van der Waals surface area contributed by atoms with Gasteiger partial charge in [-0.05, 0) is 23.8 Å². The minimum Gasteiger partial charge on any atom is -0.383 e. The minimum atomic E-state index is -0.0236. The third-order valence-electron chi connectivity index (χ3n) is 3.22. The van der Waals surface area contributed by atoms with E-state index in [9.17, 15) is 4.79 Å². The SMILES string of the molecule is COCCNC(=NCC(=O)N(C)C)NCC(C)Cc1cccs1.I. The Labute approximate surface area is 166 Å². The molecule has 1 aromatic heterocycles. The fraction of sp³-hybridized carbons (Fsp3) is 0.625. The first-order valence-electron chi connectivity index (χ1n) is 7.76. The zero-order valence-electron chi connectivity index (χ0n) is 14.9. The predicted molar refractivity (Wildman–Crippen MR) is 111 cm³/mol. The summed E-state index contributed by atoms with van der Waals surface area (Å²) in [5.41, 5.74) is 0. The summed E-state index contributed by atoms with van der Waals surface area (Å²) in [6.45, 7) is 4.37. The van der Waals surface area contributed by atoms with Crippen LogP contribution in [0, 0.1) is 5.92 Å². The molecule has 0 spiro atoms. The lowest BCUT2D eigenvalue weighted by Crippen LogP contribution is -2.42. The van der Waals surface area contributed by atoms with Crippen LogP contribution < -0.4 is 10.6 Å². The van der Waals surface area contributed by atoms with E-state index in [0.717, 1.165) is 13.0 Å². The molecule has 138 valence electrons. The van der Waals surface area contributed by atoms with Crippen LogP contribution in [0.3, 0.4) is 0 Å². The van der Waals surface area contributed by atoms with Gasteiger partial charge in [-0.2, -0.15) is 0 Å². The molecule has 0 radical (unpaired) electrons. The molecule has 24 heavy (non-hydrogen) atoms. The van der Waals surface area contributed by atoms with Crippen LogP contribution in [0.4, 0.5) is 0 Å². The number of nitrogens with one attached hydrogen (secondary N) is 2. The number of hydrogen-bond donors (Lipinski definition) is 2. The zero-order chi connectivity index (χ0) is 17.1. The summed E-state index contributed by atoms with van der Waals surface area (Å²) in [7, 11) is 5.11. The Bertz CT molecular complexity index is 480. The average Bonchev–Trinajstić information content (AvgIpc) is 3.01. The van der Waals surface area contributed by atoms with E-state index in [2.05, 4.69) is 40.1 Å². The largest absolute Gasteiger partial charge is 0.383 e. The van der Waals surface area contributed by atoms with Gasteiger partial charge in [0.15, 0.2) is 5.96 Å². The molecule has 0 saturated heterocycles.